The van der Waals surface area contributed by atoms with Gasteiger partial charge in [0.2, 0.25) is 0 Å². The van der Waals surface area contributed by atoms with Gasteiger partial charge in [-0.2, -0.15) is 0 Å². The van der Waals surface area contributed by atoms with Crippen molar-refractivity contribution in [2.45, 2.75) is 0 Å². The summed E-state index contributed by atoms with van der Waals surface area (Å²) in [6.45, 7) is 2.07. The van der Waals surface area contributed by atoms with Crippen molar-refractivity contribution in [1.82, 2.24) is 4.90 Å². The number of nitrogens with zero attached hydrogens (tertiary/aromatic N) is 2. The van der Waals surface area contributed by atoms with Crippen LogP contribution in [0.25, 0.3) is 0 Å². The SMILES string of the molecule is O=C(Nc1ccc(F)cc1F)N1CCN(c2ccc(Cl)cc2Cl)CC1. The van der Waals surface area contributed by atoms with Gasteiger partial charge >= 0.3 is 6.03 Å². The van der Waals surface area contributed by atoms with Gasteiger partial charge in [0, 0.05) is 37.3 Å². The fraction of sp³-hybridized carbons (Fsp3) is 0.235. The van der Waals surface area contributed by atoms with Crippen LogP contribution in [0, 0.1) is 11.6 Å². The molecule has 0 radical (unpaired) electrons. The summed E-state index contributed by atoms with van der Waals surface area (Å²) in [7, 11) is 0. The minimum absolute atomic E-state index is 0.0467. The fourth-order valence-electron chi connectivity index (χ4n) is 2.67. The van der Waals surface area contributed by atoms with E-state index in [0.717, 1.165) is 17.8 Å². The first kappa shape index (κ1) is 17.8. The average molecular weight is 386 g/mol. The Bertz CT molecular complexity index is 795. The van der Waals surface area contributed by atoms with Crippen molar-refractivity contribution in [3.63, 3.8) is 0 Å². The maximum absolute atomic E-state index is 13.6. The van der Waals surface area contributed by atoms with E-state index in [0.29, 0.717) is 36.2 Å². The smallest absolute Gasteiger partial charge is 0.322 e. The number of hydrogen-bond donors (Lipinski definition) is 1. The van der Waals surface area contributed by atoms with Gasteiger partial charge < -0.3 is 15.1 Å². The van der Waals surface area contributed by atoms with Gasteiger partial charge in [0.25, 0.3) is 0 Å². The summed E-state index contributed by atoms with van der Waals surface area (Å²) in [6.07, 6.45) is 0. The number of anilines is 2. The molecule has 0 spiro atoms. The molecular formula is C17H15Cl2F2N3O. The minimum atomic E-state index is -0.806. The maximum Gasteiger partial charge on any atom is 0.322 e. The van der Waals surface area contributed by atoms with Gasteiger partial charge in [0.05, 0.1) is 16.4 Å². The summed E-state index contributed by atoms with van der Waals surface area (Å²) in [5, 5.41) is 3.58. The third kappa shape index (κ3) is 4.14. The van der Waals surface area contributed by atoms with Gasteiger partial charge in [0.1, 0.15) is 11.6 Å². The number of carbonyl (C=O) groups excluding carboxylic acids is 1. The Balaban J connectivity index is 1.60. The summed E-state index contributed by atoms with van der Waals surface area (Å²) in [5.74, 6) is -1.50. The van der Waals surface area contributed by atoms with Gasteiger partial charge in [-0.3, -0.25) is 0 Å². The highest BCUT2D eigenvalue weighted by atomic mass is 35.5. The molecule has 0 aliphatic carbocycles. The van der Waals surface area contributed by atoms with Crippen LogP contribution < -0.4 is 10.2 Å². The molecule has 0 unspecified atom stereocenters. The largest absolute Gasteiger partial charge is 0.367 e. The molecule has 1 aliphatic heterocycles. The molecule has 1 fully saturated rings. The molecule has 2 amide bonds. The molecular weight excluding hydrogens is 371 g/mol. The standard InChI is InChI=1S/C17H15Cl2F2N3O/c18-11-1-4-16(13(19)9-11)23-5-7-24(8-6-23)17(25)22-15-3-2-12(20)10-14(15)21/h1-4,9-10H,5-8H2,(H,22,25). The van der Waals surface area contributed by atoms with Crippen LogP contribution in [0.1, 0.15) is 0 Å². The van der Waals surface area contributed by atoms with Crippen LogP contribution in [0.3, 0.4) is 0 Å². The molecule has 1 aliphatic rings. The van der Waals surface area contributed by atoms with Crippen LogP contribution >= 0.6 is 23.2 Å². The van der Waals surface area contributed by atoms with Gasteiger partial charge in [-0.25, -0.2) is 13.6 Å². The third-order valence-electron chi connectivity index (χ3n) is 3.99. The summed E-state index contributed by atoms with van der Waals surface area (Å²) < 4.78 is 26.5. The quantitative estimate of drug-likeness (QED) is 0.817. The Morgan fingerprint density at radius 1 is 1.00 bits per heavy atom. The van der Waals surface area contributed by atoms with Gasteiger partial charge in [-0.15, -0.1) is 0 Å². The third-order valence-corrected chi connectivity index (χ3v) is 4.53. The van der Waals surface area contributed by atoms with Gasteiger partial charge in [0.15, 0.2) is 0 Å². The van der Waals surface area contributed by atoms with E-state index in [4.69, 9.17) is 23.2 Å². The molecule has 3 rings (SSSR count). The number of amides is 2. The van der Waals surface area contributed by atoms with Crippen LogP contribution in [0.4, 0.5) is 25.0 Å². The van der Waals surface area contributed by atoms with Crippen molar-refractivity contribution in [3.8, 4) is 0 Å². The first-order valence-corrected chi connectivity index (χ1v) is 8.40. The molecule has 4 nitrogen and oxygen atoms in total. The number of benzene rings is 2. The van der Waals surface area contributed by atoms with Crippen molar-refractivity contribution in [2.75, 3.05) is 36.4 Å². The molecule has 1 heterocycles. The molecule has 2 aromatic carbocycles. The maximum atomic E-state index is 13.6. The lowest BCUT2D eigenvalue weighted by molar-refractivity contribution is 0.208. The number of carbonyl (C=O) groups is 1. The van der Waals surface area contributed by atoms with E-state index in [9.17, 15) is 13.6 Å². The first-order chi connectivity index (χ1) is 11.9. The van der Waals surface area contributed by atoms with Crippen molar-refractivity contribution in [1.29, 1.82) is 0 Å². The second-order valence-electron chi connectivity index (χ2n) is 5.62. The van der Waals surface area contributed by atoms with Crippen LogP contribution in [-0.4, -0.2) is 37.1 Å². The molecule has 0 aromatic heterocycles. The highest BCUT2D eigenvalue weighted by molar-refractivity contribution is 6.36. The van der Waals surface area contributed by atoms with E-state index in [1.165, 1.54) is 6.07 Å². The Kier molecular flexibility index (Phi) is 5.30. The second-order valence-corrected chi connectivity index (χ2v) is 6.47. The number of nitrogens with one attached hydrogen (secondary N) is 1. The molecule has 0 saturated carbocycles. The molecule has 8 heteroatoms. The zero-order valence-electron chi connectivity index (χ0n) is 13.1. The molecule has 2 aromatic rings. The van der Waals surface area contributed by atoms with E-state index in [1.54, 1.807) is 17.0 Å². The second kappa shape index (κ2) is 7.45. The van der Waals surface area contributed by atoms with Crippen LogP contribution in [0.5, 0.6) is 0 Å². The van der Waals surface area contributed by atoms with E-state index < -0.39 is 17.7 Å². The number of halogens is 4. The topological polar surface area (TPSA) is 35.6 Å². The summed E-state index contributed by atoms with van der Waals surface area (Å²) in [4.78, 5) is 15.9. The van der Waals surface area contributed by atoms with Crippen molar-refractivity contribution < 1.29 is 13.6 Å². The van der Waals surface area contributed by atoms with Crippen molar-refractivity contribution >= 4 is 40.6 Å². The predicted molar refractivity (Wildman–Crippen MR) is 95.6 cm³/mol. The number of hydrogen-bond acceptors (Lipinski definition) is 2. The molecule has 132 valence electrons. The first-order valence-electron chi connectivity index (χ1n) is 7.65. The van der Waals surface area contributed by atoms with E-state index >= 15 is 0 Å². The fourth-order valence-corrected chi connectivity index (χ4v) is 3.20. The van der Waals surface area contributed by atoms with Crippen LogP contribution in [0.15, 0.2) is 36.4 Å². The number of rotatable bonds is 2. The minimum Gasteiger partial charge on any atom is -0.367 e. The van der Waals surface area contributed by atoms with E-state index in [1.807, 2.05) is 6.07 Å². The van der Waals surface area contributed by atoms with Gasteiger partial charge in [-0.1, -0.05) is 23.2 Å². The summed E-state index contributed by atoms with van der Waals surface area (Å²) in [6, 6.07) is 7.89. The summed E-state index contributed by atoms with van der Waals surface area (Å²) in [5.41, 5.74) is 0.810. The lowest BCUT2D eigenvalue weighted by Gasteiger charge is -2.36. The van der Waals surface area contributed by atoms with Crippen LogP contribution in [0.2, 0.25) is 10.0 Å². The predicted octanol–water partition coefficient (Wildman–Crippen LogP) is 4.63. The molecule has 0 bridgehead atoms. The lowest BCUT2D eigenvalue weighted by Crippen LogP contribution is -2.50. The van der Waals surface area contributed by atoms with Crippen LogP contribution in [-0.2, 0) is 0 Å². The molecule has 0 atom stereocenters. The van der Waals surface area contributed by atoms with Crippen molar-refractivity contribution in [3.05, 3.63) is 58.1 Å². The Hall–Kier alpha value is -2.05. The highest BCUT2D eigenvalue weighted by Crippen LogP contribution is 2.29. The zero-order valence-corrected chi connectivity index (χ0v) is 14.6. The summed E-state index contributed by atoms with van der Waals surface area (Å²) >= 11 is 12.1. The average Bonchev–Trinajstić information content (AvgIpc) is 2.57. The normalized spacial score (nSPS) is 14.6. The Morgan fingerprint density at radius 2 is 1.72 bits per heavy atom. The Labute approximate surface area is 153 Å². The van der Waals surface area contributed by atoms with E-state index in [2.05, 4.69) is 10.2 Å². The van der Waals surface area contributed by atoms with Crippen molar-refractivity contribution in [2.24, 2.45) is 0 Å². The molecule has 25 heavy (non-hydrogen) atoms. The zero-order chi connectivity index (χ0) is 18.0. The number of piperazine rings is 1. The van der Waals surface area contributed by atoms with Gasteiger partial charge in [-0.05, 0) is 30.3 Å². The number of urea groups is 1. The molecule has 1 saturated heterocycles. The van der Waals surface area contributed by atoms with E-state index in [-0.39, 0.29) is 5.69 Å². The lowest BCUT2D eigenvalue weighted by atomic mass is 10.2. The Morgan fingerprint density at radius 3 is 2.36 bits per heavy atom. The molecule has 1 N–H and O–H groups in total. The highest BCUT2D eigenvalue weighted by Gasteiger charge is 2.23. The monoisotopic (exact) mass is 385 g/mol.